The molecule has 8 heteroatoms. The number of aromatic nitrogens is 5. The lowest BCUT2D eigenvalue weighted by Crippen LogP contribution is -2.23. The second kappa shape index (κ2) is 8.99. The van der Waals surface area contributed by atoms with E-state index in [0.29, 0.717) is 12.1 Å². The fourth-order valence-electron chi connectivity index (χ4n) is 3.77. The number of thiophene rings is 1. The van der Waals surface area contributed by atoms with Crippen LogP contribution >= 0.6 is 11.3 Å². The maximum absolute atomic E-state index is 13.2. The highest BCUT2D eigenvalue weighted by atomic mass is 32.1. The average Bonchev–Trinajstić information content (AvgIpc) is 3.59. The fourth-order valence-corrected chi connectivity index (χ4v) is 4.45. The average molecular weight is 457 g/mol. The molecule has 4 heterocycles. The first-order valence-electron chi connectivity index (χ1n) is 10.8. The standard InChI is InChI=1S/C25H24N6OS/c1-17(2)31-24-21(14-28-31)20(12-22(29-24)23-4-3-11-33-23)25(32)27-13-18-5-7-19(8-6-18)15-30-10-9-26-16-30/h3-12,14,16-17H,13,15H2,1-2H3,(H,27,32). The lowest BCUT2D eigenvalue weighted by molar-refractivity contribution is 0.0952. The van der Waals surface area contributed by atoms with E-state index in [0.717, 1.165) is 33.7 Å². The highest BCUT2D eigenvalue weighted by Gasteiger charge is 2.18. The number of carbonyl (C=O) groups is 1. The molecular formula is C25H24N6OS. The van der Waals surface area contributed by atoms with Gasteiger partial charge in [-0.3, -0.25) is 4.79 Å². The number of imidazole rings is 1. The third kappa shape index (κ3) is 4.42. The van der Waals surface area contributed by atoms with Crippen LogP contribution in [0.2, 0.25) is 0 Å². The van der Waals surface area contributed by atoms with Gasteiger partial charge in [-0.15, -0.1) is 11.3 Å². The van der Waals surface area contributed by atoms with Gasteiger partial charge in [0.25, 0.3) is 5.91 Å². The van der Waals surface area contributed by atoms with Crippen molar-refractivity contribution in [2.45, 2.75) is 33.0 Å². The lowest BCUT2D eigenvalue weighted by atomic mass is 10.1. The van der Waals surface area contributed by atoms with Crippen molar-refractivity contribution in [1.82, 2.24) is 29.6 Å². The molecule has 1 N–H and O–H groups in total. The van der Waals surface area contributed by atoms with Gasteiger partial charge in [0, 0.05) is 31.5 Å². The molecule has 0 unspecified atom stereocenters. The number of pyridine rings is 1. The summed E-state index contributed by atoms with van der Waals surface area (Å²) in [6.07, 6.45) is 7.25. The number of hydrogen-bond acceptors (Lipinski definition) is 5. The lowest BCUT2D eigenvalue weighted by Gasteiger charge is -2.11. The van der Waals surface area contributed by atoms with Crippen LogP contribution in [0, 0.1) is 0 Å². The predicted octanol–water partition coefficient (Wildman–Crippen LogP) is 4.92. The second-order valence-electron chi connectivity index (χ2n) is 8.19. The summed E-state index contributed by atoms with van der Waals surface area (Å²) in [5, 5.41) is 10.3. The smallest absolute Gasteiger partial charge is 0.252 e. The molecule has 0 aliphatic carbocycles. The Morgan fingerprint density at radius 1 is 1.15 bits per heavy atom. The topological polar surface area (TPSA) is 77.6 Å². The molecular weight excluding hydrogens is 432 g/mol. The van der Waals surface area contributed by atoms with Crippen molar-refractivity contribution in [3.8, 4) is 10.6 Å². The Hall–Kier alpha value is -3.78. The van der Waals surface area contributed by atoms with E-state index in [1.165, 1.54) is 5.56 Å². The van der Waals surface area contributed by atoms with Crippen molar-refractivity contribution in [3.63, 3.8) is 0 Å². The van der Waals surface area contributed by atoms with Gasteiger partial charge in [0.1, 0.15) is 0 Å². The molecule has 0 aliphatic rings. The maximum Gasteiger partial charge on any atom is 0.252 e. The molecule has 0 radical (unpaired) electrons. The number of amides is 1. The van der Waals surface area contributed by atoms with Crippen LogP contribution in [0.25, 0.3) is 21.6 Å². The quantitative estimate of drug-likeness (QED) is 0.377. The first-order valence-corrected chi connectivity index (χ1v) is 11.7. The molecule has 1 aromatic carbocycles. The molecule has 5 rings (SSSR count). The molecule has 0 aliphatic heterocycles. The van der Waals surface area contributed by atoms with Gasteiger partial charge in [0.15, 0.2) is 5.65 Å². The molecule has 7 nitrogen and oxygen atoms in total. The van der Waals surface area contributed by atoms with Crippen LogP contribution in [0.5, 0.6) is 0 Å². The molecule has 0 spiro atoms. The van der Waals surface area contributed by atoms with E-state index in [4.69, 9.17) is 4.98 Å². The van der Waals surface area contributed by atoms with Crippen LogP contribution in [-0.2, 0) is 13.1 Å². The van der Waals surface area contributed by atoms with Crippen LogP contribution in [0.3, 0.4) is 0 Å². The van der Waals surface area contributed by atoms with E-state index in [1.54, 1.807) is 30.1 Å². The largest absolute Gasteiger partial charge is 0.348 e. The minimum atomic E-state index is -0.133. The molecule has 4 aromatic heterocycles. The van der Waals surface area contributed by atoms with Gasteiger partial charge in [0.05, 0.1) is 34.0 Å². The third-order valence-electron chi connectivity index (χ3n) is 5.47. The van der Waals surface area contributed by atoms with E-state index in [1.807, 2.05) is 51.2 Å². The van der Waals surface area contributed by atoms with Crippen molar-refractivity contribution in [3.05, 3.63) is 89.5 Å². The summed E-state index contributed by atoms with van der Waals surface area (Å²) in [7, 11) is 0. The Morgan fingerprint density at radius 2 is 1.97 bits per heavy atom. The van der Waals surface area contributed by atoms with Crippen LogP contribution in [0.4, 0.5) is 0 Å². The minimum Gasteiger partial charge on any atom is -0.348 e. The summed E-state index contributed by atoms with van der Waals surface area (Å²) in [4.78, 5) is 23.2. The van der Waals surface area contributed by atoms with Gasteiger partial charge in [-0.25, -0.2) is 14.6 Å². The predicted molar refractivity (Wildman–Crippen MR) is 130 cm³/mol. The monoisotopic (exact) mass is 456 g/mol. The highest BCUT2D eigenvalue weighted by molar-refractivity contribution is 7.13. The van der Waals surface area contributed by atoms with Gasteiger partial charge in [-0.1, -0.05) is 30.3 Å². The number of fused-ring (bicyclic) bond motifs is 1. The molecule has 0 saturated heterocycles. The van der Waals surface area contributed by atoms with Crippen molar-refractivity contribution in [2.75, 3.05) is 0 Å². The highest BCUT2D eigenvalue weighted by Crippen LogP contribution is 2.29. The van der Waals surface area contributed by atoms with Crippen molar-refractivity contribution >= 4 is 28.3 Å². The van der Waals surface area contributed by atoms with Gasteiger partial charge in [-0.2, -0.15) is 5.10 Å². The van der Waals surface area contributed by atoms with Crippen LogP contribution in [0.1, 0.15) is 41.4 Å². The molecule has 0 bridgehead atoms. The van der Waals surface area contributed by atoms with E-state index in [9.17, 15) is 4.79 Å². The van der Waals surface area contributed by atoms with E-state index >= 15 is 0 Å². The first-order chi connectivity index (χ1) is 16.1. The van der Waals surface area contributed by atoms with Crippen LogP contribution < -0.4 is 5.32 Å². The second-order valence-corrected chi connectivity index (χ2v) is 9.13. The number of benzene rings is 1. The number of carbonyl (C=O) groups excluding carboxylic acids is 1. The van der Waals surface area contributed by atoms with Gasteiger partial charge in [-0.05, 0) is 42.5 Å². The molecule has 0 fully saturated rings. The Morgan fingerprint density at radius 3 is 2.67 bits per heavy atom. The summed E-state index contributed by atoms with van der Waals surface area (Å²) >= 11 is 1.60. The van der Waals surface area contributed by atoms with Crippen molar-refractivity contribution in [1.29, 1.82) is 0 Å². The minimum absolute atomic E-state index is 0.133. The number of rotatable bonds is 7. The summed E-state index contributed by atoms with van der Waals surface area (Å²) in [6.45, 7) is 5.33. The number of nitrogens with zero attached hydrogens (tertiary/aromatic N) is 5. The molecule has 166 valence electrons. The zero-order valence-electron chi connectivity index (χ0n) is 18.5. The maximum atomic E-state index is 13.2. The molecule has 0 atom stereocenters. The molecule has 1 amide bonds. The summed E-state index contributed by atoms with van der Waals surface area (Å²) in [6, 6.07) is 14.3. The zero-order valence-corrected chi connectivity index (χ0v) is 19.3. The van der Waals surface area contributed by atoms with Crippen molar-refractivity contribution < 1.29 is 4.79 Å². The Kier molecular flexibility index (Phi) is 5.75. The summed E-state index contributed by atoms with van der Waals surface area (Å²) in [5.41, 5.74) is 4.32. The van der Waals surface area contributed by atoms with E-state index in [2.05, 4.69) is 41.4 Å². The van der Waals surface area contributed by atoms with Crippen molar-refractivity contribution in [2.24, 2.45) is 0 Å². The zero-order chi connectivity index (χ0) is 22.8. The third-order valence-corrected chi connectivity index (χ3v) is 6.37. The number of hydrogen-bond donors (Lipinski definition) is 1. The Balaban J connectivity index is 1.37. The van der Waals surface area contributed by atoms with Gasteiger partial charge in [0.2, 0.25) is 0 Å². The van der Waals surface area contributed by atoms with Crippen LogP contribution in [0.15, 0.2) is 72.8 Å². The van der Waals surface area contributed by atoms with Crippen LogP contribution in [-0.4, -0.2) is 30.2 Å². The molecule has 33 heavy (non-hydrogen) atoms. The van der Waals surface area contributed by atoms with Gasteiger partial charge < -0.3 is 9.88 Å². The van der Waals surface area contributed by atoms with Gasteiger partial charge >= 0.3 is 0 Å². The summed E-state index contributed by atoms with van der Waals surface area (Å²) in [5.74, 6) is -0.133. The SMILES string of the molecule is CC(C)n1ncc2c(C(=O)NCc3ccc(Cn4ccnc4)cc3)cc(-c3cccs3)nc21. The fraction of sp³-hybridized carbons (Fsp3) is 0.200. The molecule has 5 aromatic rings. The van der Waals surface area contributed by atoms with E-state index < -0.39 is 0 Å². The normalized spacial score (nSPS) is 11.4. The summed E-state index contributed by atoms with van der Waals surface area (Å²) < 4.78 is 3.89. The molecule has 0 saturated carbocycles. The van der Waals surface area contributed by atoms with E-state index in [-0.39, 0.29) is 11.9 Å². The number of nitrogens with one attached hydrogen (secondary N) is 1. The Labute approximate surface area is 195 Å². The Bertz CT molecular complexity index is 1370. The first kappa shape index (κ1) is 21.1.